The molecule has 4 nitrogen and oxygen atoms in total. The predicted octanol–water partition coefficient (Wildman–Crippen LogP) is 3.22. The summed E-state index contributed by atoms with van der Waals surface area (Å²) in [5.74, 6) is 1.15. The van der Waals surface area contributed by atoms with Crippen LogP contribution in [0.1, 0.15) is 40.0 Å². The summed E-state index contributed by atoms with van der Waals surface area (Å²) in [6.45, 7) is 7.05. The molecule has 0 amide bonds. The van der Waals surface area contributed by atoms with E-state index in [-0.39, 0.29) is 6.04 Å². The second-order valence-corrected chi connectivity index (χ2v) is 7.94. The first-order valence-electron chi connectivity index (χ1n) is 7.77. The fourth-order valence-corrected chi connectivity index (χ4v) is 4.81. The van der Waals surface area contributed by atoms with Gasteiger partial charge in [0.05, 0.1) is 5.69 Å². The smallest absolute Gasteiger partial charge is 0.242 e. The van der Waals surface area contributed by atoms with E-state index in [4.69, 9.17) is 0 Å². The molecule has 0 radical (unpaired) electrons. The summed E-state index contributed by atoms with van der Waals surface area (Å²) >= 11 is 0. The molecule has 0 aromatic heterocycles. The maximum Gasteiger partial charge on any atom is 0.242 e. The van der Waals surface area contributed by atoms with Gasteiger partial charge in [-0.05, 0) is 50.2 Å². The van der Waals surface area contributed by atoms with Gasteiger partial charge in [-0.25, -0.2) is 13.1 Å². The highest BCUT2D eigenvalue weighted by Gasteiger charge is 2.28. The van der Waals surface area contributed by atoms with Crippen molar-refractivity contribution in [2.45, 2.75) is 51.0 Å². The van der Waals surface area contributed by atoms with Gasteiger partial charge >= 0.3 is 0 Å². The Labute approximate surface area is 128 Å². The monoisotopic (exact) mass is 310 g/mol. The van der Waals surface area contributed by atoms with Crippen LogP contribution >= 0.6 is 0 Å². The summed E-state index contributed by atoms with van der Waals surface area (Å²) < 4.78 is 28.2. The first-order chi connectivity index (χ1) is 9.92. The lowest BCUT2D eigenvalue weighted by Crippen LogP contribution is -2.40. The Kier molecular flexibility index (Phi) is 5.27. The van der Waals surface area contributed by atoms with Crippen LogP contribution in [0.2, 0.25) is 0 Å². The Bertz CT molecular complexity index is 561. The molecular weight excluding hydrogens is 284 g/mol. The van der Waals surface area contributed by atoms with Gasteiger partial charge < -0.3 is 5.32 Å². The third kappa shape index (κ3) is 4.20. The highest BCUT2D eigenvalue weighted by molar-refractivity contribution is 7.89. The van der Waals surface area contributed by atoms with Crippen LogP contribution in [0, 0.1) is 11.8 Å². The van der Waals surface area contributed by atoms with Gasteiger partial charge in [-0.1, -0.05) is 26.0 Å². The summed E-state index contributed by atoms with van der Waals surface area (Å²) in [5, 5.41) is 3.12. The van der Waals surface area contributed by atoms with Gasteiger partial charge in [0.2, 0.25) is 10.0 Å². The van der Waals surface area contributed by atoms with Crippen molar-refractivity contribution >= 4 is 15.7 Å². The SMILES string of the molecule is CCNc1ccccc1S(=O)(=O)NC1CC(C)CC(C)C1. The molecule has 0 heterocycles. The maximum atomic E-state index is 12.7. The maximum absolute atomic E-state index is 12.7. The van der Waals surface area contributed by atoms with Crippen molar-refractivity contribution in [3.63, 3.8) is 0 Å². The van der Waals surface area contributed by atoms with Crippen molar-refractivity contribution in [1.29, 1.82) is 0 Å². The van der Waals surface area contributed by atoms with Gasteiger partial charge in [-0.2, -0.15) is 0 Å². The van der Waals surface area contributed by atoms with E-state index in [0.29, 0.717) is 29.0 Å². The number of hydrogen-bond donors (Lipinski definition) is 2. The third-order valence-corrected chi connectivity index (χ3v) is 5.62. The van der Waals surface area contributed by atoms with Crippen molar-refractivity contribution in [2.75, 3.05) is 11.9 Å². The van der Waals surface area contributed by atoms with E-state index in [1.807, 2.05) is 19.1 Å². The van der Waals surface area contributed by atoms with E-state index in [1.54, 1.807) is 12.1 Å². The van der Waals surface area contributed by atoms with Gasteiger partial charge in [0.25, 0.3) is 0 Å². The van der Waals surface area contributed by atoms with E-state index in [9.17, 15) is 8.42 Å². The van der Waals surface area contributed by atoms with E-state index < -0.39 is 10.0 Å². The molecule has 0 spiro atoms. The van der Waals surface area contributed by atoms with E-state index in [2.05, 4.69) is 23.9 Å². The summed E-state index contributed by atoms with van der Waals surface area (Å²) in [6, 6.07) is 7.13. The number of sulfonamides is 1. The van der Waals surface area contributed by atoms with Gasteiger partial charge in [-0.3, -0.25) is 0 Å². The summed E-state index contributed by atoms with van der Waals surface area (Å²) in [5.41, 5.74) is 0.671. The average molecular weight is 310 g/mol. The Morgan fingerprint density at radius 3 is 2.33 bits per heavy atom. The molecule has 21 heavy (non-hydrogen) atoms. The lowest BCUT2D eigenvalue weighted by molar-refractivity contribution is 0.258. The molecule has 0 aliphatic heterocycles. The van der Waals surface area contributed by atoms with Crippen LogP contribution in [0.5, 0.6) is 0 Å². The number of benzene rings is 1. The summed E-state index contributed by atoms with van der Waals surface area (Å²) in [4.78, 5) is 0.345. The van der Waals surface area contributed by atoms with Gasteiger partial charge in [-0.15, -0.1) is 0 Å². The van der Waals surface area contributed by atoms with Gasteiger partial charge in [0, 0.05) is 12.6 Å². The van der Waals surface area contributed by atoms with Crippen LogP contribution in [0.25, 0.3) is 0 Å². The second kappa shape index (κ2) is 6.79. The zero-order valence-electron chi connectivity index (χ0n) is 13.1. The van der Waals surface area contributed by atoms with Crippen LogP contribution in [0.15, 0.2) is 29.2 Å². The van der Waals surface area contributed by atoms with Crippen LogP contribution in [-0.4, -0.2) is 21.0 Å². The van der Waals surface area contributed by atoms with Crippen LogP contribution in [0.4, 0.5) is 5.69 Å². The van der Waals surface area contributed by atoms with Crippen molar-refractivity contribution in [3.05, 3.63) is 24.3 Å². The molecule has 2 N–H and O–H groups in total. The Balaban J connectivity index is 2.18. The molecule has 2 unspecified atom stereocenters. The molecule has 118 valence electrons. The van der Waals surface area contributed by atoms with Crippen LogP contribution < -0.4 is 10.0 Å². The number of nitrogens with one attached hydrogen (secondary N) is 2. The normalized spacial score (nSPS) is 26.5. The first kappa shape index (κ1) is 16.3. The Morgan fingerprint density at radius 2 is 1.71 bits per heavy atom. The minimum absolute atomic E-state index is 0.0448. The second-order valence-electron chi connectivity index (χ2n) is 6.26. The van der Waals surface area contributed by atoms with Gasteiger partial charge in [0.15, 0.2) is 0 Å². The molecule has 1 saturated carbocycles. The van der Waals surface area contributed by atoms with Crippen molar-refractivity contribution in [1.82, 2.24) is 4.72 Å². The predicted molar refractivity (Wildman–Crippen MR) is 86.9 cm³/mol. The molecule has 1 aliphatic rings. The minimum Gasteiger partial charge on any atom is -0.384 e. The fraction of sp³-hybridized carbons (Fsp3) is 0.625. The molecular formula is C16H26N2O2S. The van der Waals surface area contributed by atoms with Crippen molar-refractivity contribution in [3.8, 4) is 0 Å². The molecule has 1 aromatic rings. The Morgan fingerprint density at radius 1 is 1.10 bits per heavy atom. The third-order valence-electron chi connectivity index (χ3n) is 4.04. The molecule has 0 bridgehead atoms. The van der Waals surface area contributed by atoms with Crippen molar-refractivity contribution in [2.24, 2.45) is 11.8 Å². The van der Waals surface area contributed by atoms with E-state index in [1.165, 1.54) is 6.42 Å². The largest absolute Gasteiger partial charge is 0.384 e. The molecule has 1 fully saturated rings. The zero-order chi connectivity index (χ0) is 15.5. The van der Waals surface area contributed by atoms with Gasteiger partial charge in [0.1, 0.15) is 4.90 Å². The summed E-state index contributed by atoms with van der Waals surface area (Å²) in [7, 11) is -3.47. The number of para-hydroxylation sites is 1. The number of hydrogen-bond acceptors (Lipinski definition) is 3. The van der Waals surface area contributed by atoms with Crippen molar-refractivity contribution < 1.29 is 8.42 Å². The highest BCUT2D eigenvalue weighted by atomic mass is 32.2. The molecule has 5 heteroatoms. The fourth-order valence-electron chi connectivity index (χ4n) is 3.36. The zero-order valence-corrected chi connectivity index (χ0v) is 13.9. The van der Waals surface area contributed by atoms with E-state index >= 15 is 0 Å². The van der Waals surface area contributed by atoms with Crippen LogP contribution in [-0.2, 0) is 10.0 Å². The topological polar surface area (TPSA) is 58.2 Å². The highest BCUT2D eigenvalue weighted by Crippen LogP contribution is 2.30. The first-order valence-corrected chi connectivity index (χ1v) is 9.26. The summed E-state index contributed by atoms with van der Waals surface area (Å²) in [6.07, 6.45) is 3.03. The van der Waals surface area contributed by atoms with Crippen LogP contribution in [0.3, 0.4) is 0 Å². The lowest BCUT2D eigenvalue weighted by atomic mass is 9.81. The molecule has 2 rings (SSSR count). The minimum atomic E-state index is -3.47. The average Bonchev–Trinajstić information content (AvgIpc) is 2.37. The van der Waals surface area contributed by atoms with E-state index in [0.717, 1.165) is 12.8 Å². The molecule has 0 saturated heterocycles. The molecule has 1 aliphatic carbocycles. The number of anilines is 1. The Hall–Kier alpha value is -1.07. The molecule has 1 aromatic carbocycles. The lowest BCUT2D eigenvalue weighted by Gasteiger charge is -2.31. The molecule has 2 atom stereocenters. The standard InChI is InChI=1S/C16H26N2O2S/c1-4-17-15-7-5-6-8-16(15)21(19,20)18-14-10-12(2)9-13(3)11-14/h5-8,12-14,17-18H,4,9-11H2,1-3H3. The quantitative estimate of drug-likeness (QED) is 0.878. The number of rotatable bonds is 5.